The molecule has 0 radical (unpaired) electrons. The van der Waals surface area contributed by atoms with Crippen molar-refractivity contribution in [3.05, 3.63) is 18.3 Å². The van der Waals surface area contributed by atoms with Crippen molar-refractivity contribution in [3.8, 4) is 0 Å². The van der Waals surface area contributed by atoms with E-state index in [0.29, 0.717) is 11.5 Å². The molecule has 2 rings (SSSR count). The number of anilines is 2. The Morgan fingerprint density at radius 1 is 1.60 bits per heavy atom. The lowest BCUT2D eigenvalue weighted by atomic mass is 10.4. The van der Waals surface area contributed by atoms with Crippen molar-refractivity contribution in [1.29, 1.82) is 0 Å². The van der Waals surface area contributed by atoms with Gasteiger partial charge >= 0.3 is 6.09 Å². The number of hydrogen-bond donors (Lipinski definition) is 1. The van der Waals surface area contributed by atoms with Crippen molar-refractivity contribution in [2.45, 2.75) is 18.9 Å². The molecule has 1 saturated carbocycles. The van der Waals surface area contributed by atoms with Gasteiger partial charge in [-0.1, -0.05) is 0 Å². The topological polar surface area (TPSA) is 68.5 Å². The molecule has 0 saturated heterocycles. The lowest BCUT2D eigenvalue weighted by Crippen LogP contribution is -2.33. The van der Waals surface area contributed by atoms with E-state index in [4.69, 9.17) is 10.5 Å². The summed E-state index contributed by atoms with van der Waals surface area (Å²) in [5, 5.41) is 0. The fraction of sp³-hybridized carbons (Fsp3) is 0.400. The Hall–Kier alpha value is -1.78. The highest BCUT2D eigenvalue weighted by Crippen LogP contribution is 2.31. The zero-order valence-corrected chi connectivity index (χ0v) is 8.51. The molecule has 0 unspecified atom stereocenters. The Kier molecular flexibility index (Phi) is 2.45. The van der Waals surface area contributed by atoms with Crippen LogP contribution in [0.1, 0.15) is 12.8 Å². The molecule has 15 heavy (non-hydrogen) atoms. The second kappa shape index (κ2) is 3.76. The first-order valence-electron chi connectivity index (χ1n) is 4.81. The maximum Gasteiger partial charge on any atom is 0.415 e. The average molecular weight is 207 g/mol. The van der Waals surface area contributed by atoms with Gasteiger partial charge in [-0.25, -0.2) is 9.78 Å². The van der Waals surface area contributed by atoms with Crippen molar-refractivity contribution in [2.24, 2.45) is 0 Å². The monoisotopic (exact) mass is 207 g/mol. The van der Waals surface area contributed by atoms with Crippen LogP contribution in [0.4, 0.5) is 16.3 Å². The van der Waals surface area contributed by atoms with Gasteiger partial charge < -0.3 is 10.5 Å². The standard InChI is InChI=1S/C10H13N3O2/c1-15-10(14)13(8-3-4-8)9-5-2-7(11)6-12-9/h2,5-6,8H,3-4,11H2,1H3. The Balaban J connectivity index is 2.24. The second-order valence-electron chi connectivity index (χ2n) is 3.52. The zero-order chi connectivity index (χ0) is 10.8. The van der Waals surface area contributed by atoms with Gasteiger partial charge in [-0.3, -0.25) is 4.90 Å². The summed E-state index contributed by atoms with van der Waals surface area (Å²) in [7, 11) is 1.37. The number of amides is 1. The third-order valence-corrected chi connectivity index (χ3v) is 2.30. The first-order chi connectivity index (χ1) is 7.22. The smallest absolute Gasteiger partial charge is 0.415 e. The molecular formula is C10H13N3O2. The van der Waals surface area contributed by atoms with E-state index in [2.05, 4.69) is 4.98 Å². The van der Waals surface area contributed by atoms with Crippen molar-refractivity contribution in [2.75, 3.05) is 17.7 Å². The van der Waals surface area contributed by atoms with Gasteiger partial charge in [0.1, 0.15) is 5.82 Å². The molecule has 1 aliphatic carbocycles. The molecular weight excluding hydrogens is 194 g/mol. The van der Waals surface area contributed by atoms with E-state index in [9.17, 15) is 4.79 Å². The van der Waals surface area contributed by atoms with Crippen LogP contribution in [-0.4, -0.2) is 24.2 Å². The lowest BCUT2D eigenvalue weighted by Gasteiger charge is -2.19. The minimum absolute atomic E-state index is 0.230. The number of nitrogens with two attached hydrogens (primary N) is 1. The molecule has 0 atom stereocenters. The molecule has 1 heterocycles. The fourth-order valence-corrected chi connectivity index (χ4v) is 1.40. The molecule has 1 fully saturated rings. The highest BCUT2D eigenvalue weighted by atomic mass is 16.5. The van der Waals surface area contributed by atoms with E-state index in [1.807, 2.05) is 0 Å². The van der Waals surface area contributed by atoms with Crippen molar-refractivity contribution in [1.82, 2.24) is 4.98 Å². The van der Waals surface area contributed by atoms with Crippen LogP contribution in [0.3, 0.4) is 0 Å². The van der Waals surface area contributed by atoms with E-state index in [-0.39, 0.29) is 12.1 Å². The van der Waals surface area contributed by atoms with Crippen LogP contribution in [0.15, 0.2) is 18.3 Å². The summed E-state index contributed by atoms with van der Waals surface area (Å²) in [5.41, 5.74) is 6.11. The summed E-state index contributed by atoms with van der Waals surface area (Å²) < 4.78 is 4.71. The van der Waals surface area contributed by atoms with Crippen molar-refractivity contribution >= 4 is 17.6 Å². The summed E-state index contributed by atoms with van der Waals surface area (Å²) in [6.45, 7) is 0. The van der Waals surface area contributed by atoms with Crippen LogP contribution >= 0.6 is 0 Å². The second-order valence-corrected chi connectivity index (χ2v) is 3.52. The number of aromatic nitrogens is 1. The van der Waals surface area contributed by atoms with Crippen molar-refractivity contribution < 1.29 is 9.53 Å². The van der Waals surface area contributed by atoms with Gasteiger partial charge in [0.25, 0.3) is 0 Å². The predicted molar refractivity (Wildman–Crippen MR) is 56.6 cm³/mol. The van der Waals surface area contributed by atoms with Crippen LogP contribution in [0.2, 0.25) is 0 Å². The molecule has 0 aromatic carbocycles. The molecule has 5 heteroatoms. The van der Waals surface area contributed by atoms with Crippen LogP contribution in [-0.2, 0) is 4.74 Å². The number of nitrogen functional groups attached to an aromatic ring is 1. The molecule has 1 aliphatic rings. The highest BCUT2D eigenvalue weighted by Gasteiger charge is 2.35. The summed E-state index contributed by atoms with van der Waals surface area (Å²) >= 11 is 0. The van der Waals surface area contributed by atoms with E-state index < -0.39 is 0 Å². The van der Waals surface area contributed by atoms with Gasteiger partial charge in [-0.2, -0.15) is 0 Å². The third-order valence-electron chi connectivity index (χ3n) is 2.30. The molecule has 0 spiro atoms. The molecule has 0 aliphatic heterocycles. The maximum absolute atomic E-state index is 11.5. The Morgan fingerprint density at radius 3 is 2.80 bits per heavy atom. The van der Waals surface area contributed by atoms with Gasteiger partial charge in [0.15, 0.2) is 0 Å². The SMILES string of the molecule is COC(=O)N(c1ccc(N)cn1)C1CC1. The minimum atomic E-state index is -0.366. The van der Waals surface area contributed by atoms with Gasteiger partial charge in [0, 0.05) is 6.04 Å². The minimum Gasteiger partial charge on any atom is -0.452 e. The van der Waals surface area contributed by atoms with E-state index in [1.165, 1.54) is 13.3 Å². The number of carbonyl (C=O) groups is 1. The van der Waals surface area contributed by atoms with E-state index in [0.717, 1.165) is 12.8 Å². The number of methoxy groups -OCH3 is 1. The Morgan fingerprint density at radius 2 is 2.33 bits per heavy atom. The summed E-state index contributed by atoms with van der Waals surface area (Å²) in [5.74, 6) is 0.596. The third kappa shape index (κ3) is 2.01. The zero-order valence-electron chi connectivity index (χ0n) is 8.51. The number of nitrogens with zero attached hydrogens (tertiary/aromatic N) is 2. The van der Waals surface area contributed by atoms with Crippen LogP contribution < -0.4 is 10.6 Å². The quantitative estimate of drug-likeness (QED) is 0.795. The lowest BCUT2D eigenvalue weighted by molar-refractivity contribution is 0.178. The first kappa shape index (κ1) is 9.76. The molecule has 0 bridgehead atoms. The maximum atomic E-state index is 11.5. The molecule has 1 aromatic rings. The van der Waals surface area contributed by atoms with Gasteiger partial charge in [-0.15, -0.1) is 0 Å². The molecule has 1 amide bonds. The summed E-state index contributed by atoms with van der Waals surface area (Å²) in [6, 6.07) is 3.68. The van der Waals surface area contributed by atoms with E-state index >= 15 is 0 Å². The van der Waals surface area contributed by atoms with Crippen LogP contribution in [0, 0.1) is 0 Å². The number of pyridine rings is 1. The van der Waals surface area contributed by atoms with Crippen LogP contribution in [0.5, 0.6) is 0 Å². The van der Waals surface area contributed by atoms with E-state index in [1.54, 1.807) is 17.0 Å². The molecule has 80 valence electrons. The number of carbonyl (C=O) groups excluding carboxylic acids is 1. The largest absolute Gasteiger partial charge is 0.452 e. The van der Waals surface area contributed by atoms with Gasteiger partial charge in [-0.05, 0) is 25.0 Å². The average Bonchev–Trinajstić information content (AvgIpc) is 3.05. The molecule has 5 nitrogen and oxygen atoms in total. The highest BCUT2D eigenvalue weighted by molar-refractivity contribution is 5.87. The summed E-state index contributed by atoms with van der Waals surface area (Å²) in [4.78, 5) is 17.2. The summed E-state index contributed by atoms with van der Waals surface area (Å²) in [6.07, 6.45) is 3.17. The number of ether oxygens (including phenoxy) is 1. The van der Waals surface area contributed by atoms with Crippen molar-refractivity contribution in [3.63, 3.8) is 0 Å². The van der Waals surface area contributed by atoms with Crippen LogP contribution in [0.25, 0.3) is 0 Å². The van der Waals surface area contributed by atoms with Gasteiger partial charge in [0.05, 0.1) is 19.0 Å². The van der Waals surface area contributed by atoms with Gasteiger partial charge in [0.2, 0.25) is 0 Å². The first-order valence-corrected chi connectivity index (χ1v) is 4.81. The molecule has 2 N–H and O–H groups in total. The normalized spacial score (nSPS) is 14.7. The molecule has 1 aromatic heterocycles. The number of hydrogen-bond acceptors (Lipinski definition) is 4. The Labute approximate surface area is 87.8 Å². The Bertz CT molecular complexity index is 359. The number of rotatable bonds is 2. The predicted octanol–water partition coefficient (Wildman–Crippen LogP) is 1.40. The fourth-order valence-electron chi connectivity index (χ4n) is 1.40.